The van der Waals surface area contributed by atoms with Crippen LogP contribution in [0.1, 0.15) is 30.0 Å². The van der Waals surface area contributed by atoms with Crippen molar-refractivity contribution in [2.45, 2.75) is 13.3 Å². The molecule has 0 aliphatic carbocycles. The molecule has 0 fully saturated rings. The first-order valence-electron chi connectivity index (χ1n) is 24.0. The molecule has 0 atom stereocenters. The number of hydrogen-bond acceptors (Lipinski definition) is 2. The van der Waals surface area contributed by atoms with Crippen LogP contribution < -0.4 is 0 Å². The van der Waals surface area contributed by atoms with Crippen molar-refractivity contribution in [2.24, 2.45) is 9.98 Å². The molecule has 0 spiro atoms. The van der Waals surface area contributed by atoms with Crippen molar-refractivity contribution in [1.29, 1.82) is 0 Å². The molecule has 0 unspecified atom stereocenters. The summed E-state index contributed by atoms with van der Waals surface area (Å²) in [6.45, 7) is 2.18. The molecule has 0 saturated carbocycles. The Morgan fingerprint density at radius 2 is 0.700 bits per heavy atom. The van der Waals surface area contributed by atoms with Crippen LogP contribution in [-0.4, -0.2) is 20.7 Å². The van der Waals surface area contributed by atoms with E-state index in [0.717, 1.165) is 72.9 Å². The van der Waals surface area contributed by atoms with E-state index in [1.54, 1.807) is 0 Å². The van der Waals surface area contributed by atoms with E-state index in [1.165, 1.54) is 49.2 Å². The van der Waals surface area contributed by atoms with E-state index >= 15 is 0 Å². The summed E-state index contributed by atoms with van der Waals surface area (Å²) in [6, 6.07) is 89.6. The average Bonchev–Trinajstić information content (AvgIpc) is 3.87. The molecular formula is C66H46N4. The minimum Gasteiger partial charge on any atom is -0.309 e. The highest BCUT2D eigenvalue weighted by Gasteiger charge is 2.20. The fraction of sp³-hybridized carbons (Fsp3) is 0.0303. The maximum absolute atomic E-state index is 5.32. The normalized spacial score (nSPS) is 13.0. The predicted molar refractivity (Wildman–Crippen MR) is 295 cm³/mol. The molecule has 13 rings (SSSR count). The number of nitrogens with zero attached hydrogens (tertiary/aromatic N) is 4. The van der Waals surface area contributed by atoms with Crippen molar-refractivity contribution >= 4 is 60.9 Å². The highest BCUT2D eigenvalue weighted by molar-refractivity contribution is 6.16. The van der Waals surface area contributed by atoms with Crippen molar-refractivity contribution in [3.63, 3.8) is 0 Å². The fourth-order valence-electron chi connectivity index (χ4n) is 10.5. The Balaban J connectivity index is 0.973. The zero-order valence-electron chi connectivity index (χ0n) is 38.7. The minimum atomic E-state index is 0.710. The van der Waals surface area contributed by atoms with Crippen LogP contribution >= 0.6 is 0 Å². The zero-order chi connectivity index (χ0) is 46.5. The standard InChI is InChI=1S/C66H46N4/c1-44-38-60(46-18-6-2-7-19-46)67-66(68-65(44)47-20-8-3-9-21-47)48-32-30-45(31-33-48)51-39-52(49-34-36-63-58(42-49)56-26-14-16-28-61(56)69(63)54-22-10-4-11-23-54)41-53(40-51)50-35-37-64-59(43-50)57-27-15-17-29-62(57)70(64)55-24-12-5-13-25-55/h2-37,39-43H,38H2,1H3. The molecule has 3 heterocycles. The Morgan fingerprint density at radius 1 is 0.300 bits per heavy atom. The summed E-state index contributed by atoms with van der Waals surface area (Å²) in [4.78, 5) is 10.6. The highest BCUT2D eigenvalue weighted by Crippen LogP contribution is 2.40. The van der Waals surface area contributed by atoms with E-state index in [1.807, 2.05) is 0 Å². The van der Waals surface area contributed by atoms with Crippen LogP contribution in [0.25, 0.3) is 94.1 Å². The van der Waals surface area contributed by atoms with Gasteiger partial charge in [0.05, 0.1) is 33.5 Å². The molecule has 70 heavy (non-hydrogen) atoms. The SMILES string of the molecule is CC1=C(c2ccccc2)N=C(c2ccc(-c3cc(-c4ccc5c(c4)c4ccccc4n5-c4ccccc4)cc(-c4ccc5c(c4)c4ccccc4n5-c4ccccc4)c3)cc2)N=C(c2ccccc2)C1. The van der Waals surface area contributed by atoms with E-state index in [-0.39, 0.29) is 0 Å². The number of aliphatic imine (C=N–C) groups is 2. The van der Waals surface area contributed by atoms with Crippen molar-refractivity contribution in [3.8, 4) is 44.8 Å². The molecule has 330 valence electrons. The summed E-state index contributed by atoms with van der Waals surface area (Å²) in [6.07, 6.45) is 0.714. The van der Waals surface area contributed by atoms with E-state index in [0.29, 0.717) is 12.3 Å². The van der Waals surface area contributed by atoms with Crippen LogP contribution in [0.15, 0.2) is 264 Å². The zero-order valence-corrected chi connectivity index (χ0v) is 38.7. The molecule has 1 aliphatic heterocycles. The number of amidine groups is 1. The van der Waals surface area contributed by atoms with Crippen LogP contribution in [-0.2, 0) is 0 Å². The summed E-state index contributed by atoms with van der Waals surface area (Å²) < 4.78 is 4.76. The Morgan fingerprint density at radius 3 is 1.21 bits per heavy atom. The van der Waals surface area contributed by atoms with Gasteiger partial charge in [0, 0.05) is 50.5 Å². The smallest absolute Gasteiger partial charge is 0.160 e. The van der Waals surface area contributed by atoms with E-state index < -0.39 is 0 Å². The molecule has 0 radical (unpaired) electrons. The summed E-state index contributed by atoms with van der Waals surface area (Å²) >= 11 is 0. The Hall–Kier alpha value is -9.12. The number of para-hydroxylation sites is 4. The van der Waals surface area contributed by atoms with Gasteiger partial charge in [-0.3, -0.25) is 0 Å². The van der Waals surface area contributed by atoms with Crippen molar-refractivity contribution < 1.29 is 0 Å². The molecule has 12 aromatic rings. The monoisotopic (exact) mass is 894 g/mol. The summed E-state index contributed by atoms with van der Waals surface area (Å²) in [7, 11) is 0. The van der Waals surface area contributed by atoms with Gasteiger partial charge in [0.1, 0.15) is 0 Å². The molecule has 0 saturated heterocycles. The molecule has 4 heteroatoms. The molecular weight excluding hydrogens is 849 g/mol. The van der Waals surface area contributed by atoms with Crippen LogP contribution in [0.4, 0.5) is 0 Å². The third-order valence-electron chi connectivity index (χ3n) is 13.9. The van der Waals surface area contributed by atoms with Crippen LogP contribution in [0.5, 0.6) is 0 Å². The topological polar surface area (TPSA) is 34.6 Å². The second-order valence-corrected chi connectivity index (χ2v) is 18.2. The Labute approximate surface area is 407 Å². The highest BCUT2D eigenvalue weighted by atomic mass is 15.0. The number of allylic oxidation sites excluding steroid dienone is 1. The van der Waals surface area contributed by atoms with Gasteiger partial charge in [-0.1, -0.05) is 170 Å². The third kappa shape index (κ3) is 7.26. The molecule has 0 bridgehead atoms. The molecule has 10 aromatic carbocycles. The Bertz CT molecular complexity index is 3870. The van der Waals surface area contributed by atoms with Gasteiger partial charge in [0.25, 0.3) is 0 Å². The molecule has 4 nitrogen and oxygen atoms in total. The maximum Gasteiger partial charge on any atom is 0.160 e. The number of aromatic nitrogens is 2. The molecule has 1 aliphatic rings. The lowest BCUT2D eigenvalue weighted by Gasteiger charge is -2.13. The second-order valence-electron chi connectivity index (χ2n) is 18.2. The van der Waals surface area contributed by atoms with Gasteiger partial charge in [-0.25, -0.2) is 9.98 Å². The maximum atomic E-state index is 5.32. The van der Waals surface area contributed by atoms with E-state index in [4.69, 9.17) is 9.98 Å². The number of fused-ring (bicyclic) bond motifs is 6. The first-order valence-corrected chi connectivity index (χ1v) is 24.0. The number of benzene rings is 10. The van der Waals surface area contributed by atoms with Gasteiger partial charge >= 0.3 is 0 Å². The second kappa shape index (κ2) is 17.2. The van der Waals surface area contributed by atoms with Gasteiger partial charge in [-0.05, 0) is 130 Å². The lowest BCUT2D eigenvalue weighted by molar-refractivity contribution is 1.18. The van der Waals surface area contributed by atoms with Crippen molar-refractivity contribution in [3.05, 3.63) is 271 Å². The van der Waals surface area contributed by atoms with Gasteiger partial charge in [0.2, 0.25) is 0 Å². The first kappa shape index (κ1) is 41.1. The van der Waals surface area contributed by atoms with Crippen molar-refractivity contribution in [2.75, 3.05) is 0 Å². The van der Waals surface area contributed by atoms with Crippen LogP contribution in [0.2, 0.25) is 0 Å². The lowest BCUT2D eigenvalue weighted by Crippen LogP contribution is -2.05. The summed E-state index contributed by atoms with van der Waals surface area (Å²) in [5.74, 6) is 0.710. The molecule has 0 N–H and O–H groups in total. The largest absolute Gasteiger partial charge is 0.309 e. The molecule has 0 amide bonds. The number of rotatable bonds is 8. The minimum absolute atomic E-state index is 0.710. The average molecular weight is 895 g/mol. The van der Waals surface area contributed by atoms with Crippen LogP contribution in [0.3, 0.4) is 0 Å². The van der Waals surface area contributed by atoms with Gasteiger partial charge in [0.15, 0.2) is 5.84 Å². The van der Waals surface area contributed by atoms with Gasteiger partial charge in [-0.2, -0.15) is 0 Å². The first-order chi connectivity index (χ1) is 34.6. The van der Waals surface area contributed by atoms with E-state index in [9.17, 15) is 0 Å². The summed E-state index contributed by atoms with van der Waals surface area (Å²) in [5, 5.41) is 4.91. The molecule has 2 aromatic heterocycles. The Kier molecular flexibility index (Phi) is 10.1. The predicted octanol–water partition coefficient (Wildman–Crippen LogP) is 17.0. The summed E-state index contributed by atoms with van der Waals surface area (Å²) in [5.41, 5.74) is 20.3. The number of hydrogen-bond donors (Lipinski definition) is 0. The van der Waals surface area contributed by atoms with E-state index in [2.05, 4.69) is 265 Å². The van der Waals surface area contributed by atoms with Crippen LogP contribution in [0, 0.1) is 0 Å². The third-order valence-corrected chi connectivity index (χ3v) is 13.9. The van der Waals surface area contributed by atoms with Gasteiger partial charge < -0.3 is 9.13 Å². The fourth-order valence-corrected chi connectivity index (χ4v) is 10.5. The van der Waals surface area contributed by atoms with Gasteiger partial charge in [-0.15, -0.1) is 0 Å². The lowest BCUT2D eigenvalue weighted by atomic mass is 9.92. The van der Waals surface area contributed by atoms with Crippen molar-refractivity contribution in [1.82, 2.24) is 9.13 Å². The quantitative estimate of drug-likeness (QED) is 0.146.